The van der Waals surface area contributed by atoms with Crippen LogP contribution in [0.15, 0.2) is 18.2 Å². The molecular weight excluding hydrogens is 264 g/mol. The van der Waals surface area contributed by atoms with E-state index in [4.69, 9.17) is 4.74 Å². The zero-order chi connectivity index (χ0) is 14.7. The van der Waals surface area contributed by atoms with Gasteiger partial charge in [0.2, 0.25) is 5.91 Å². The number of rotatable bonds is 3. The summed E-state index contributed by atoms with van der Waals surface area (Å²) in [5.41, 5.74) is 1.80. The summed E-state index contributed by atoms with van der Waals surface area (Å²) in [6.07, 6.45) is 6.57. The first-order chi connectivity index (χ1) is 10.3. The first kappa shape index (κ1) is 14.2. The minimum atomic E-state index is 0.0684. The molecule has 114 valence electrons. The van der Waals surface area contributed by atoms with E-state index in [1.807, 2.05) is 18.2 Å². The van der Waals surface area contributed by atoms with Crippen LogP contribution in [0.25, 0.3) is 0 Å². The Morgan fingerprint density at radius 1 is 1.24 bits per heavy atom. The van der Waals surface area contributed by atoms with Crippen molar-refractivity contribution < 1.29 is 9.53 Å². The zero-order valence-electron chi connectivity index (χ0n) is 12.7. The predicted octanol–water partition coefficient (Wildman–Crippen LogP) is 3.79. The largest absolute Gasteiger partial charge is 0.491 e. The van der Waals surface area contributed by atoms with Crippen molar-refractivity contribution in [3.8, 4) is 5.75 Å². The smallest absolute Gasteiger partial charge is 0.229 e. The molecule has 2 N–H and O–H groups in total. The number of anilines is 2. The Hall–Kier alpha value is -1.71. The van der Waals surface area contributed by atoms with Crippen LogP contribution in [0, 0.1) is 5.92 Å². The van der Waals surface area contributed by atoms with E-state index in [-0.39, 0.29) is 17.9 Å². The second-order valence-electron chi connectivity index (χ2n) is 6.01. The summed E-state index contributed by atoms with van der Waals surface area (Å²) < 4.78 is 5.78. The van der Waals surface area contributed by atoms with Crippen LogP contribution in [0.4, 0.5) is 11.4 Å². The molecule has 3 rings (SSSR count). The summed E-state index contributed by atoms with van der Waals surface area (Å²) in [6.45, 7) is 2.75. The lowest BCUT2D eigenvalue weighted by atomic mass is 9.94. The molecule has 1 aliphatic carbocycles. The van der Waals surface area contributed by atoms with E-state index in [1.165, 1.54) is 12.8 Å². The number of amides is 1. The Balaban J connectivity index is 1.91. The van der Waals surface area contributed by atoms with Gasteiger partial charge in [0.05, 0.1) is 18.2 Å². The molecule has 21 heavy (non-hydrogen) atoms. The van der Waals surface area contributed by atoms with Crippen LogP contribution in [0.1, 0.15) is 45.4 Å². The second-order valence-corrected chi connectivity index (χ2v) is 6.01. The average molecular weight is 288 g/mol. The van der Waals surface area contributed by atoms with Crippen molar-refractivity contribution in [2.45, 2.75) is 51.5 Å². The van der Waals surface area contributed by atoms with Gasteiger partial charge in [-0.15, -0.1) is 0 Å². The number of hydrogen-bond donors (Lipinski definition) is 2. The zero-order valence-corrected chi connectivity index (χ0v) is 12.7. The maximum Gasteiger partial charge on any atom is 0.229 e. The van der Waals surface area contributed by atoms with Crippen molar-refractivity contribution in [1.82, 2.24) is 0 Å². The van der Waals surface area contributed by atoms with Crippen LogP contribution < -0.4 is 15.4 Å². The van der Waals surface area contributed by atoms with Crippen LogP contribution in [0.2, 0.25) is 0 Å². The van der Waals surface area contributed by atoms with Crippen LogP contribution in [-0.2, 0) is 4.79 Å². The van der Waals surface area contributed by atoms with Crippen molar-refractivity contribution in [2.75, 3.05) is 17.2 Å². The summed E-state index contributed by atoms with van der Waals surface area (Å²) in [5.74, 6) is 0.978. The third kappa shape index (κ3) is 2.99. The number of fused-ring (bicyclic) bond motifs is 2. The molecule has 2 aliphatic rings. The molecule has 0 radical (unpaired) electrons. The van der Waals surface area contributed by atoms with E-state index >= 15 is 0 Å². The third-order valence-corrected chi connectivity index (χ3v) is 4.43. The SMILES string of the molecule is CCCOc1cccc2c1NC(=O)C1CCCCCC1N2. The molecule has 1 aliphatic heterocycles. The molecule has 4 heteroatoms. The summed E-state index contributed by atoms with van der Waals surface area (Å²) in [6, 6.07) is 6.19. The van der Waals surface area contributed by atoms with Crippen LogP contribution in [0.3, 0.4) is 0 Å². The van der Waals surface area contributed by atoms with Crippen molar-refractivity contribution >= 4 is 17.3 Å². The quantitative estimate of drug-likeness (QED) is 0.889. The fraction of sp³-hybridized carbons (Fsp3) is 0.588. The van der Waals surface area contributed by atoms with Crippen LogP contribution >= 0.6 is 0 Å². The molecule has 1 amide bonds. The normalized spacial score (nSPS) is 24.7. The maximum absolute atomic E-state index is 12.6. The van der Waals surface area contributed by atoms with Gasteiger partial charge < -0.3 is 15.4 Å². The van der Waals surface area contributed by atoms with E-state index in [2.05, 4.69) is 17.6 Å². The molecule has 0 aromatic heterocycles. The maximum atomic E-state index is 12.6. The molecule has 1 fully saturated rings. The van der Waals surface area contributed by atoms with Gasteiger partial charge in [0.15, 0.2) is 0 Å². The van der Waals surface area contributed by atoms with E-state index in [1.54, 1.807) is 0 Å². The summed E-state index contributed by atoms with van der Waals surface area (Å²) in [7, 11) is 0. The molecule has 2 unspecified atom stereocenters. The fourth-order valence-electron chi connectivity index (χ4n) is 3.32. The lowest BCUT2D eigenvalue weighted by Crippen LogP contribution is -2.34. The molecule has 0 spiro atoms. The van der Waals surface area contributed by atoms with Crippen LogP contribution in [-0.4, -0.2) is 18.6 Å². The molecule has 0 saturated heterocycles. The Morgan fingerprint density at radius 3 is 2.95 bits per heavy atom. The highest BCUT2D eigenvalue weighted by molar-refractivity contribution is 5.99. The highest BCUT2D eigenvalue weighted by Gasteiger charge is 2.33. The molecule has 1 heterocycles. The number of hydrogen-bond acceptors (Lipinski definition) is 3. The summed E-state index contributed by atoms with van der Waals surface area (Å²) >= 11 is 0. The van der Waals surface area contributed by atoms with Crippen molar-refractivity contribution in [1.29, 1.82) is 0 Å². The van der Waals surface area contributed by atoms with Gasteiger partial charge in [-0.2, -0.15) is 0 Å². The van der Waals surface area contributed by atoms with Gasteiger partial charge in [-0.1, -0.05) is 32.3 Å². The van der Waals surface area contributed by atoms with Gasteiger partial charge in [0, 0.05) is 6.04 Å². The number of carbonyl (C=O) groups is 1. The number of benzene rings is 1. The topological polar surface area (TPSA) is 50.4 Å². The van der Waals surface area contributed by atoms with E-state index < -0.39 is 0 Å². The van der Waals surface area contributed by atoms with Crippen molar-refractivity contribution in [3.63, 3.8) is 0 Å². The van der Waals surface area contributed by atoms with Gasteiger partial charge in [-0.25, -0.2) is 0 Å². The lowest BCUT2D eigenvalue weighted by Gasteiger charge is -2.22. The van der Waals surface area contributed by atoms with Crippen molar-refractivity contribution in [3.05, 3.63) is 18.2 Å². The lowest BCUT2D eigenvalue weighted by molar-refractivity contribution is -0.120. The average Bonchev–Trinajstić information content (AvgIpc) is 2.78. The predicted molar refractivity (Wildman–Crippen MR) is 84.8 cm³/mol. The molecular formula is C17H24N2O2. The third-order valence-electron chi connectivity index (χ3n) is 4.43. The molecule has 2 atom stereocenters. The Bertz CT molecular complexity index is 516. The number of nitrogens with one attached hydrogen (secondary N) is 2. The van der Waals surface area contributed by atoms with Gasteiger partial charge in [0.25, 0.3) is 0 Å². The molecule has 1 aromatic carbocycles. The van der Waals surface area contributed by atoms with E-state index in [0.717, 1.165) is 42.8 Å². The molecule has 4 nitrogen and oxygen atoms in total. The molecule has 1 saturated carbocycles. The summed E-state index contributed by atoms with van der Waals surface area (Å²) in [4.78, 5) is 12.6. The Kier molecular flexibility index (Phi) is 4.32. The monoisotopic (exact) mass is 288 g/mol. The Labute approximate surface area is 126 Å². The van der Waals surface area contributed by atoms with E-state index in [9.17, 15) is 4.79 Å². The summed E-state index contributed by atoms with van der Waals surface area (Å²) in [5, 5.41) is 6.69. The van der Waals surface area contributed by atoms with Gasteiger partial charge >= 0.3 is 0 Å². The van der Waals surface area contributed by atoms with Gasteiger partial charge in [0.1, 0.15) is 11.4 Å². The number of carbonyl (C=O) groups excluding carboxylic acids is 1. The molecule has 1 aromatic rings. The Morgan fingerprint density at radius 2 is 2.10 bits per heavy atom. The fourth-order valence-corrected chi connectivity index (χ4v) is 3.32. The van der Waals surface area contributed by atoms with Gasteiger partial charge in [-0.05, 0) is 31.4 Å². The highest BCUT2D eigenvalue weighted by Crippen LogP contribution is 2.39. The minimum absolute atomic E-state index is 0.0684. The standard InChI is InChI=1S/C17H24N2O2/c1-2-11-21-15-10-6-9-14-16(15)19-17(20)12-7-4-3-5-8-13(12)18-14/h6,9-10,12-13,18H,2-5,7-8,11H2,1H3,(H,19,20). The van der Waals surface area contributed by atoms with Gasteiger partial charge in [-0.3, -0.25) is 4.79 Å². The molecule has 0 bridgehead atoms. The number of ether oxygens (including phenoxy) is 1. The second kappa shape index (κ2) is 6.37. The first-order valence-corrected chi connectivity index (χ1v) is 8.13. The van der Waals surface area contributed by atoms with Crippen LogP contribution in [0.5, 0.6) is 5.75 Å². The minimum Gasteiger partial charge on any atom is -0.491 e. The number of para-hydroxylation sites is 1. The first-order valence-electron chi connectivity index (χ1n) is 8.13. The van der Waals surface area contributed by atoms with Crippen molar-refractivity contribution in [2.24, 2.45) is 5.92 Å². The highest BCUT2D eigenvalue weighted by atomic mass is 16.5. The van der Waals surface area contributed by atoms with E-state index in [0.29, 0.717) is 6.61 Å².